The summed E-state index contributed by atoms with van der Waals surface area (Å²) in [5.74, 6) is 0.181. The van der Waals surface area contributed by atoms with Crippen molar-refractivity contribution >= 4 is 12.0 Å². The highest BCUT2D eigenvalue weighted by atomic mass is 16.1. The van der Waals surface area contributed by atoms with Gasteiger partial charge in [0.05, 0.1) is 0 Å². The van der Waals surface area contributed by atoms with E-state index in [1.807, 2.05) is 0 Å². The lowest BCUT2D eigenvalue weighted by Gasteiger charge is -1.97. The topological polar surface area (TPSA) is 29.4 Å². The Morgan fingerprint density at radius 1 is 1.75 bits per heavy atom. The van der Waals surface area contributed by atoms with Crippen molar-refractivity contribution in [3.8, 4) is 0 Å². The Balaban J connectivity index is 2.80. The highest BCUT2D eigenvalue weighted by Gasteiger charge is 2.03. The molecule has 0 N–H and O–H groups in total. The van der Waals surface area contributed by atoms with Gasteiger partial charge in [0, 0.05) is 24.4 Å². The van der Waals surface area contributed by atoms with Crippen LogP contribution in [0.2, 0.25) is 0 Å². The Morgan fingerprint density at radius 3 is 2.88 bits per heavy atom. The first-order chi connectivity index (χ1) is 3.80. The molecule has 0 saturated heterocycles. The molecule has 0 aromatic heterocycles. The van der Waals surface area contributed by atoms with Crippen molar-refractivity contribution < 1.29 is 4.79 Å². The highest BCUT2D eigenvalue weighted by molar-refractivity contribution is 6.04. The first-order valence-corrected chi connectivity index (χ1v) is 2.52. The molecule has 0 spiro atoms. The second kappa shape index (κ2) is 1.90. The largest absolute Gasteiger partial charge is 0.294 e. The van der Waals surface area contributed by atoms with E-state index in [1.54, 1.807) is 19.3 Å². The molecule has 1 aliphatic heterocycles. The molecular formula is C6H7NO. The molecule has 0 aromatic carbocycles. The Hall–Kier alpha value is -0.920. The molecule has 0 atom stereocenters. The summed E-state index contributed by atoms with van der Waals surface area (Å²) in [6, 6.07) is 0. The number of carbonyl (C=O) groups excluding carboxylic acids is 1. The minimum Gasteiger partial charge on any atom is -0.294 e. The van der Waals surface area contributed by atoms with Gasteiger partial charge in [-0.1, -0.05) is 0 Å². The van der Waals surface area contributed by atoms with Crippen LogP contribution in [0, 0.1) is 0 Å². The highest BCUT2D eigenvalue weighted by Crippen LogP contribution is 2.01. The average Bonchev–Trinajstić information content (AvgIpc) is 1.77. The fourth-order valence-corrected chi connectivity index (χ4v) is 0.533. The Bertz CT molecular complexity index is 167. The van der Waals surface area contributed by atoms with E-state index in [0.717, 1.165) is 5.57 Å². The molecule has 0 saturated carbocycles. The lowest BCUT2D eigenvalue weighted by molar-refractivity contribution is -0.114. The smallest absolute Gasteiger partial charge is 0.165 e. The summed E-state index contributed by atoms with van der Waals surface area (Å²) < 4.78 is 0. The van der Waals surface area contributed by atoms with Crippen LogP contribution in [0.5, 0.6) is 0 Å². The average molecular weight is 109 g/mol. The molecule has 1 rings (SSSR count). The van der Waals surface area contributed by atoms with Crippen molar-refractivity contribution in [3.63, 3.8) is 0 Å². The second-order valence-electron chi connectivity index (χ2n) is 1.77. The van der Waals surface area contributed by atoms with Gasteiger partial charge in [-0.2, -0.15) is 0 Å². The number of carbonyl (C=O) groups is 1. The van der Waals surface area contributed by atoms with E-state index in [9.17, 15) is 4.79 Å². The molecule has 2 heteroatoms. The minimum atomic E-state index is 0.181. The summed E-state index contributed by atoms with van der Waals surface area (Å²) in [7, 11) is 0. The minimum absolute atomic E-state index is 0.181. The molecule has 0 unspecified atom stereocenters. The standard InChI is InChI=1S/C6H7NO/c1-5-4-7-3-2-6(5)8/h3-4H,2H2,1H3. The number of nitrogens with zero attached hydrogens (tertiary/aromatic N) is 1. The SMILES string of the molecule is CC1=CN=CCC1=O. The van der Waals surface area contributed by atoms with Gasteiger partial charge in [-0.15, -0.1) is 0 Å². The zero-order valence-electron chi connectivity index (χ0n) is 4.72. The number of allylic oxidation sites excluding steroid dienone is 1. The van der Waals surface area contributed by atoms with E-state index >= 15 is 0 Å². The summed E-state index contributed by atoms with van der Waals surface area (Å²) in [6.07, 6.45) is 3.68. The first-order valence-electron chi connectivity index (χ1n) is 2.52. The summed E-state index contributed by atoms with van der Waals surface area (Å²) >= 11 is 0. The van der Waals surface area contributed by atoms with Crippen molar-refractivity contribution in [2.45, 2.75) is 13.3 Å². The molecule has 1 heterocycles. The Kier molecular flexibility index (Phi) is 1.24. The number of Topliss-reactive ketones (excluding diaryl/α,β-unsaturated/α-hetero) is 1. The molecule has 0 aliphatic carbocycles. The third kappa shape index (κ3) is 0.832. The maximum atomic E-state index is 10.6. The molecule has 42 valence electrons. The van der Waals surface area contributed by atoms with Gasteiger partial charge in [0.1, 0.15) is 0 Å². The van der Waals surface area contributed by atoms with Gasteiger partial charge in [0.15, 0.2) is 5.78 Å². The van der Waals surface area contributed by atoms with Crippen LogP contribution in [0.25, 0.3) is 0 Å². The van der Waals surface area contributed by atoms with E-state index in [1.165, 1.54) is 0 Å². The van der Waals surface area contributed by atoms with E-state index in [2.05, 4.69) is 4.99 Å². The Labute approximate surface area is 47.9 Å². The van der Waals surface area contributed by atoms with Gasteiger partial charge < -0.3 is 0 Å². The monoisotopic (exact) mass is 109 g/mol. The molecule has 0 aromatic rings. The van der Waals surface area contributed by atoms with Crippen LogP contribution < -0.4 is 0 Å². The molecule has 0 radical (unpaired) electrons. The number of aliphatic imine (C=N–C) groups is 1. The Morgan fingerprint density at radius 2 is 2.50 bits per heavy atom. The maximum absolute atomic E-state index is 10.6. The normalized spacial score (nSPS) is 18.6. The third-order valence-corrected chi connectivity index (χ3v) is 1.09. The van der Waals surface area contributed by atoms with E-state index < -0.39 is 0 Å². The van der Waals surface area contributed by atoms with Gasteiger partial charge in [-0.25, -0.2) is 0 Å². The molecule has 0 fully saturated rings. The van der Waals surface area contributed by atoms with Gasteiger partial charge >= 0.3 is 0 Å². The van der Waals surface area contributed by atoms with Gasteiger partial charge in [-0.05, 0) is 6.92 Å². The number of ketones is 1. The van der Waals surface area contributed by atoms with Crippen LogP contribution >= 0.6 is 0 Å². The lowest BCUT2D eigenvalue weighted by Crippen LogP contribution is -2.02. The predicted molar refractivity (Wildman–Crippen MR) is 31.9 cm³/mol. The fraction of sp³-hybridized carbons (Fsp3) is 0.333. The van der Waals surface area contributed by atoms with Crippen molar-refractivity contribution in [3.05, 3.63) is 11.8 Å². The van der Waals surface area contributed by atoms with E-state index in [0.29, 0.717) is 6.42 Å². The summed E-state index contributed by atoms with van der Waals surface area (Å²) in [6.45, 7) is 1.78. The van der Waals surface area contributed by atoms with Crippen molar-refractivity contribution in [2.75, 3.05) is 0 Å². The number of rotatable bonds is 0. The van der Waals surface area contributed by atoms with Crippen LogP contribution in [0.4, 0.5) is 0 Å². The van der Waals surface area contributed by atoms with Gasteiger partial charge in [0.25, 0.3) is 0 Å². The zero-order chi connectivity index (χ0) is 5.98. The summed E-state index contributed by atoms with van der Waals surface area (Å²) in [5.41, 5.74) is 0.757. The molecule has 0 amide bonds. The summed E-state index contributed by atoms with van der Waals surface area (Å²) in [4.78, 5) is 14.4. The number of hydrogen-bond donors (Lipinski definition) is 0. The van der Waals surface area contributed by atoms with Crippen LogP contribution in [-0.4, -0.2) is 12.0 Å². The van der Waals surface area contributed by atoms with Crippen LogP contribution in [0.3, 0.4) is 0 Å². The van der Waals surface area contributed by atoms with Crippen molar-refractivity contribution in [1.29, 1.82) is 0 Å². The molecular weight excluding hydrogens is 102 g/mol. The van der Waals surface area contributed by atoms with Crippen LogP contribution in [0.1, 0.15) is 13.3 Å². The molecule has 2 nitrogen and oxygen atoms in total. The molecule has 0 bridgehead atoms. The van der Waals surface area contributed by atoms with E-state index in [-0.39, 0.29) is 5.78 Å². The van der Waals surface area contributed by atoms with Crippen molar-refractivity contribution in [1.82, 2.24) is 0 Å². The second-order valence-corrected chi connectivity index (χ2v) is 1.77. The summed E-state index contributed by atoms with van der Waals surface area (Å²) in [5, 5.41) is 0. The predicted octanol–water partition coefficient (Wildman–Crippen LogP) is 0.934. The van der Waals surface area contributed by atoms with E-state index in [4.69, 9.17) is 0 Å². The van der Waals surface area contributed by atoms with Crippen LogP contribution in [0.15, 0.2) is 16.8 Å². The van der Waals surface area contributed by atoms with Crippen molar-refractivity contribution in [2.24, 2.45) is 4.99 Å². The van der Waals surface area contributed by atoms with Gasteiger partial charge in [-0.3, -0.25) is 9.79 Å². The zero-order valence-corrected chi connectivity index (χ0v) is 4.72. The molecule has 8 heavy (non-hydrogen) atoms. The molecule has 1 aliphatic rings. The third-order valence-electron chi connectivity index (χ3n) is 1.09. The maximum Gasteiger partial charge on any atom is 0.165 e. The van der Waals surface area contributed by atoms with Crippen LogP contribution in [-0.2, 0) is 4.79 Å². The fourth-order valence-electron chi connectivity index (χ4n) is 0.533. The van der Waals surface area contributed by atoms with Gasteiger partial charge in [0.2, 0.25) is 0 Å². The number of hydrogen-bond acceptors (Lipinski definition) is 2. The quantitative estimate of drug-likeness (QED) is 0.455. The first kappa shape index (κ1) is 5.22. The lowest BCUT2D eigenvalue weighted by atomic mass is 10.1.